The van der Waals surface area contributed by atoms with E-state index < -0.39 is 0 Å². The van der Waals surface area contributed by atoms with E-state index in [-0.39, 0.29) is 0 Å². The zero-order chi connectivity index (χ0) is 12.3. The van der Waals surface area contributed by atoms with Gasteiger partial charge in [0.05, 0.1) is 5.03 Å². The quantitative estimate of drug-likeness (QED) is 0.758. The fourth-order valence-electron chi connectivity index (χ4n) is 2.00. The van der Waals surface area contributed by atoms with Crippen molar-refractivity contribution in [3.8, 4) is 0 Å². The summed E-state index contributed by atoms with van der Waals surface area (Å²) in [5.74, 6) is 1.01. The molecule has 0 N–H and O–H groups in total. The highest BCUT2D eigenvalue weighted by Crippen LogP contribution is 2.34. The van der Waals surface area contributed by atoms with Gasteiger partial charge in [-0.25, -0.2) is 0 Å². The van der Waals surface area contributed by atoms with E-state index in [4.69, 9.17) is 0 Å². The lowest BCUT2D eigenvalue weighted by atomic mass is 10.3. The average molecular weight is 247 g/mol. The van der Waals surface area contributed by atoms with Gasteiger partial charge in [-0.3, -0.25) is 0 Å². The van der Waals surface area contributed by atoms with E-state index >= 15 is 0 Å². The normalized spacial score (nSPS) is 18.1. The zero-order valence-electron chi connectivity index (χ0n) is 10.5. The number of aryl methyl sites for hydroxylation is 1. The van der Waals surface area contributed by atoms with E-state index in [1.807, 2.05) is 11.8 Å². The highest BCUT2D eigenvalue weighted by atomic mass is 32.2. The lowest BCUT2D eigenvalue weighted by Crippen LogP contribution is -2.35. The Morgan fingerprint density at radius 3 is 3.00 bits per heavy atom. The van der Waals surface area contributed by atoms with Gasteiger partial charge in [-0.1, -0.05) is 6.58 Å². The average Bonchev–Trinajstić information content (AvgIpc) is 2.70. The van der Waals surface area contributed by atoms with Crippen molar-refractivity contribution in [1.82, 2.24) is 4.90 Å². The standard InChI is InChI=1S/C14H19N2S/c1-4-15-9-7-6-8-13(15)10-14-16(5-2)12(3)11-17-14/h6-10H,3-5,11H2,1-2H3/q+1. The first-order valence-corrected chi connectivity index (χ1v) is 7.03. The highest BCUT2D eigenvalue weighted by molar-refractivity contribution is 8.03. The predicted molar refractivity (Wildman–Crippen MR) is 74.3 cm³/mol. The van der Waals surface area contributed by atoms with Crippen LogP contribution in [0.4, 0.5) is 0 Å². The molecule has 2 rings (SSSR count). The fraction of sp³-hybridized carbons (Fsp3) is 0.357. The molecule has 3 heteroatoms. The first-order chi connectivity index (χ1) is 8.26. The summed E-state index contributed by atoms with van der Waals surface area (Å²) in [5.41, 5.74) is 2.47. The second-order valence-corrected chi connectivity index (χ2v) is 4.99. The molecular weight excluding hydrogens is 228 g/mol. The van der Waals surface area contributed by atoms with Crippen LogP contribution in [0.1, 0.15) is 19.5 Å². The van der Waals surface area contributed by atoms with Gasteiger partial charge in [-0.2, -0.15) is 4.57 Å². The lowest BCUT2D eigenvalue weighted by molar-refractivity contribution is -0.695. The summed E-state index contributed by atoms with van der Waals surface area (Å²) in [4.78, 5) is 2.29. The maximum atomic E-state index is 4.10. The van der Waals surface area contributed by atoms with E-state index in [9.17, 15) is 0 Å². The minimum absolute atomic E-state index is 0.997. The maximum Gasteiger partial charge on any atom is 0.207 e. The first-order valence-electron chi connectivity index (χ1n) is 6.04. The van der Waals surface area contributed by atoms with Crippen LogP contribution in [0, 0.1) is 0 Å². The molecule has 0 atom stereocenters. The maximum absolute atomic E-state index is 4.10. The number of hydrogen-bond acceptors (Lipinski definition) is 2. The number of pyridine rings is 1. The van der Waals surface area contributed by atoms with Crippen LogP contribution in [0.25, 0.3) is 6.08 Å². The van der Waals surface area contributed by atoms with Crippen LogP contribution >= 0.6 is 11.8 Å². The molecule has 1 fully saturated rings. The topological polar surface area (TPSA) is 7.12 Å². The van der Waals surface area contributed by atoms with Crippen LogP contribution in [0.15, 0.2) is 41.7 Å². The van der Waals surface area contributed by atoms with Crippen molar-refractivity contribution in [1.29, 1.82) is 0 Å². The third kappa shape index (κ3) is 2.55. The Labute approximate surface area is 108 Å². The molecule has 1 aliphatic heterocycles. The molecule has 17 heavy (non-hydrogen) atoms. The van der Waals surface area contributed by atoms with E-state index in [1.165, 1.54) is 16.4 Å². The molecule has 1 aliphatic rings. The number of aromatic nitrogens is 1. The van der Waals surface area contributed by atoms with Crippen molar-refractivity contribution >= 4 is 17.8 Å². The van der Waals surface area contributed by atoms with E-state index in [0.717, 1.165) is 18.8 Å². The van der Waals surface area contributed by atoms with Crippen LogP contribution < -0.4 is 4.57 Å². The van der Waals surface area contributed by atoms with Gasteiger partial charge in [0, 0.05) is 36.2 Å². The minimum atomic E-state index is 0.997. The summed E-state index contributed by atoms with van der Waals surface area (Å²) in [5, 5.41) is 1.31. The van der Waals surface area contributed by atoms with Crippen molar-refractivity contribution in [2.24, 2.45) is 0 Å². The highest BCUT2D eigenvalue weighted by Gasteiger charge is 2.21. The number of thioether (sulfide) groups is 1. The first kappa shape index (κ1) is 12.2. The second kappa shape index (κ2) is 5.41. The molecule has 0 radical (unpaired) electrons. The SMILES string of the molecule is C=C1CS/C(=C\c2cccc[n+]2CC)N1CC. The van der Waals surface area contributed by atoms with Crippen LogP contribution in [-0.2, 0) is 6.54 Å². The predicted octanol–water partition coefficient (Wildman–Crippen LogP) is 2.87. The molecule has 0 bridgehead atoms. The molecule has 0 amide bonds. The Bertz CT molecular complexity index is 451. The molecule has 90 valence electrons. The lowest BCUT2D eigenvalue weighted by Gasteiger charge is -2.17. The number of rotatable bonds is 3. The van der Waals surface area contributed by atoms with Crippen molar-refractivity contribution in [2.75, 3.05) is 12.3 Å². The van der Waals surface area contributed by atoms with Crippen LogP contribution in [0.2, 0.25) is 0 Å². The van der Waals surface area contributed by atoms with Gasteiger partial charge in [0.15, 0.2) is 6.20 Å². The number of hydrogen-bond donors (Lipinski definition) is 0. The summed E-state index contributed by atoms with van der Waals surface area (Å²) in [7, 11) is 0. The Morgan fingerprint density at radius 1 is 1.47 bits per heavy atom. The third-order valence-corrected chi connectivity index (χ3v) is 4.05. The largest absolute Gasteiger partial charge is 0.340 e. The zero-order valence-corrected chi connectivity index (χ0v) is 11.3. The number of nitrogens with zero attached hydrogens (tertiary/aromatic N) is 2. The van der Waals surface area contributed by atoms with Crippen molar-refractivity contribution in [2.45, 2.75) is 20.4 Å². The summed E-state index contributed by atoms with van der Waals surface area (Å²) >= 11 is 1.87. The Morgan fingerprint density at radius 2 is 2.29 bits per heavy atom. The third-order valence-electron chi connectivity index (χ3n) is 2.94. The molecule has 0 spiro atoms. The molecule has 1 aromatic rings. The molecule has 1 saturated heterocycles. The molecule has 0 unspecified atom stereocenters. The minimum Gasteiger partial charge on any atom is -0.340 e. The summed E-state index contributed by atoms with van der Waals surface area (Å²) < 4.78 is 2.25. The molecule has 0 aliphatic carbocycles. The van der Waals surface area contributed by atoms with Gasteiger partial charge in [0.1, 0.15) is 6.54 Å². The van der Waals surface area contributed by atoms with E-state index in [1.54, 1.807) is 0 Å². The molecule has 2 heterocycles. The van der Waals surface area contributed by atoms with E-state index in [2.05, 4.69) is 60.4 Å². The molecule has 2 nitrogen and oxygen atoms in total. The monoisotopic (exact) mass is 247 g/mol. The van der Waals surface area contributed by atoms with Gasteiger partial charge < -0.3 is 4.90 Å². The van der Waals surface area contributed by atoms with Crippen LogP contribution in [-0.4, -0.2) is 17.2 Å². The fourth-order valence-corrected chi connectivity index (χ4v) is 3.09. The summed E-state index contributed by atoms with van der Waals surface area (Å²) in [6.07, 6.45) is 4.38. The Balaban J connectivity index is 2.32. The van der Waals surface area contributed by atoms with E-state index in [0.29, 0.717) is 0 Å². The smallest absolute Gasteiger partial charge is 0.207 e. The van der Waals surface area contributed by atoms with Crippen LogP contribution in [0.3, 0.4) is 0 Å². The van der Waals surface area contributed by atoms with Gasteiger partial charge >= 0.3 is 0 Å². The van der Waals surface area contributed by atoms with Crippen molar-refractivity contribution in [3.63, 3.8) is 0 Å². The summed E-state index contributed by atoms with van der Waals surface area (Å²) in [6, 6.07) is 6.32. The molecule has 0 saturated carbocycles. The molecule has 1 aromatic heterocycles. The second-order valence-electron chi connectivity index (χ2n) is 3.99. The Kier molecular flexibility index (Phi) is 3.89. The van der Waals surface area contributed by atoms with Gasteiger partial charge in [-0.05, 0) is 19.9 Å². The molecule has 0 aromatic carbocycles. The molecular formula is C14H19N2S+. The van der Waals surface area contributed by atoms with Crippen molar-refractivity contribution in [3.05, 3.63) is 47.4 Å². The van der Waals surface area contributed by atoms with Gasteiger partial charge in [0.25, 0.3) is 0 Å². The Hall–Kier alpha value is -1.22. The van der Waals surface area contributed by atoms with Crippen LogP contribution in [0.5, 0.6) is 0 Å². The van der Waals surface area contributed by atoms with Crippen molar-refractivity contribution < 1.29 is 4.57 Å². The summed E-state index contributed by atoms with van der Waals surface area (Å²) in [6.45, 7) is 10.4. The van der Waals surface area contributed by atoms with Gasteiger partial charge in [0.2, 0.25) is 5.69 Å². The van der Waals surface area contributed by atoms with Gasteiger partial charge in [-0.15, -0.1) is 11.8 Å².